The Morgan fingerprint density at radius 1 is 0.500 bits per heavy atom. The van der Waals surface area contributed by atoms with Crippen molar-refractivity contribution in [2.75, 3.05) is 0 Å². The third kappa shape index (κ3) is 4.23. The van der Waals surface area contributed by atoms with Crippen LogP contribution in [0.4, 0.5) is 0 Å². The minimum absolute atomic E-state index is 0.709. The van der Waals surface area contributed by atoms with Gasteiger partial charge in [-0.05, 0) is 41.3 Å². The maximum absolute atomic E-state index is 6.60. The lowest BCUT2D eigenvalue weighted by Crippen LogP contribution is -1.96. The van der Waals surface area contributed by atoms with Crippen LogP contribution >= 0.6 is 0 Å². The van der Waals surface area contributed by atoms with E-state index in [1.54, 1.807) is 0 Å². The maximum atomic E-state index is 6.60. The van der Waals surface area contributed by atoms with Gasteiger partial charge in [-0.15, -0.1) is 0 Å². The normalized spacial score (nSPS) is 12.3. The number of allylic oxidation sites excluding steroid dienone is 1. The van der Waals surface area contributed by atoms with Crippen LogP contribution in [0, 0.1) is 0 Å². The molecule has 0 saturated carbocycles. The quantitative estimate of drug-likeness (QED) is 0.219. The summed E-state index contributed by atoms with van der Waals surface area (Å²) in [6.07, 6.45) is 3.10. The molecule has 0 saturated heterocycles. The molecular formula is C39H26N2O. The minimum Gasteiger partial charge on any atom is -0.456 e. The molecule has 2 heterocycles. The lowest BCUT2D eigenvalue weighted by atomic mass is 9.98. The van der Waals surface area contributed by atoms with Crippen LogP contribution in [0.3, 0.4) is 0 Å². The van der Waals surface area contributed by atoms with E-state index >= 15 is 0 Å². The summed E-state index contributed by atoms with van der Waals surface area (Å²) < 4.78 is 6.60. The fourth-order valence-electron chi connectivity index (χ4n) is 5.94. The van der Waals surface area contributed by atoms with Gasteiger partial charge in [0, 0.05) is 33.2 Å². The summed E-state index contributed by atoms with van der Waals surface area (Å²) in [5.74, 6) is 1.66. The van der Waals surface area contributed by atoms with Gasteiger partial charge in [-0.25, -0.2) is 9.97 Å². The lowest BCUT2D eigenvalue weighted by molar-refractivity contribution is 0.599. The molecule has 0 N–H and O–H groups in total. The van der Waals surface area contributed by atoms with Gasteiger partial charge in [0.15, 0.2) is 5.82 Å². The zero-order valence-electron chi connectivity index (χ0n) is 22.9. The number of fused-ring (bicyclic) bond motifs is 3. The van der Waals surface area contributed by atoms with E-state index in [1.807, 2.05) is 42.5 Å². The van der Waals surface area contributed by atoms with Crippen LogP contribution in [0.25, 0.3) is 61.6 Å². The number of hydrogen-bond acceptors (Lipinski definition) is 3. The van der Waals surface area contributed by atoms with Crippen LogP contribution in [0.1, 0.15) is 16.9 Å². The van der Waals surface area contributed by atoms with E-state index < -0.39 is 0 Å². The average Bonchev–Trinajstić information content (AvgIpc) is 3.65. The Balaban J connectivity index is 1.27. The molecule has 0 fully saturated rings. The first-order chi connectivity index (χ1) is 20.8. The Hall–Kier alpha value is -5.54. The highest BCUT2D eigenvalue weighted by Gasteiger charge is 2.26. The number of benzene rings is 5. The van der Waals surface area contributed by atoms with E-state index in [9.17, 15) is 0 Å². The molecule has 0 amide bonds. The second kappa shape index (κ2) is 10.1. The Labute approximate surface area is 244 Å². The average molecular weight is 539 g/mol. The summed E-state index contributed by atoms with van der Waals surface area (Å²) in [5, 5.41) is 1.12. The zero-order valence-corrected chi connectivity index (χ0v) is 22.9. The van der Waals surface area contributed by atoms with Crippen molar-refractivity contribution in [2.45, 2.75) is 6.42 Å². The first kappa shape index (κ1) is 24.3. The van der Waals surface area contributed by atoms with Gasteiger partial charge < -0.3 is 4.42 Å². The van der Waals surface area contributed by atoms with Gasteiger partial charge in [-0.3, -0.25) is 0 Å². The van der Waals surface area contributed by atoms with Crippen LogP contribution in [-0.4, -0.2) is 9.97 Å². The van der Waals surface area contributed by atoms with Gasteiger partial charge in [0.1, 0.15) is 11.3 Å². The molecule has 0 atom stereocenters. The topological polar surface area (TPSA) is 38.9 Å². The van der Waals surface area contributed by atoms with E-state index in [1.165, 1.54) is 16.7 Å². The van der Waals surface area contributed by atoms with Crippen molar-refractivity contribution in [3.05, 3.63) is 162 Å². The number of aromatic nitrogens is 2. The molecule has 42 heavy (non-hydrogen) atoms. The van der Waals surface area contributed by atoms with Crippen molar-refractivity contribution in [1.29, 1.82) is 0 Å². The molecule has 198 valence electrons. The summed E-state index contributed by atoms with van der Waals surface area (Å²) in [7, 11) is 0. The Morgan fingerprint density at radius 2 is 1.12 bits per heavy atom. The number of furan rings is 1. The van der Waals surface area contributed by atoms with Gasteiger partial charge >= 0.3 is 0 Å². The molecule has 5 aromatic carbocycles. The van der Waals surface area contributed by atoms with Crippen LogP contribution in [-0.2, 0) is 6.42 Å². The van der Waals surface area contributed by atoms with E-state index in [2.05, 4.69) is 103 Å². The molecule has 8 rings (SSSR count). The maximum Gasteiger partial charge on any atom is 0.160 e. The van der Waals surface area contributed by atoms with Crippen LogP contribution in [0.2, 0.25) is 0 Å². The third-order valence-corrected chi connectivity index (χ3v) is 7.95. The zero-order chi connectivity index (χ0) is 27.9. The standard InChI is InChI=1S/C39H26N2O/c1-4-12-26(13-5-1)29-18-10-19-30(24-29)31-22-23-33-37-32(20-11-21-36(37)42-38(31)33)35-25-34(27-14-6-2-7-15-27)40-39(41-35)28-16-8-3-9-17-28/h1-22,24-25H,23H2. The van der Waals surface area contributed by atoms with E-state index in [4.69, 9.17) is 14.4 Å². The van der Waals surface area contributed by atoms with E-state index in [-0.39, 0.29) is 0 Å². The smallest absolute Gasteiger partial charge is 0.160 e. The number of nitrogens with zero attached hydrogens (tertiary/aromatic N) is 2. The minimum atomic E-state index is 0.709. The molecule has 0 spiro atoms. The van der Waals surface area contributed by atoms with Gasteiger partial charge in [-0.2, -0.15) is 0 Å². The van der Waals surface area contributed by atoms with Gasteiger partial charge in [0.25, 0.3) is 0 Å². The molecule has 2 aromatic heterocycles. The predicted octanol–water partition coefficient (Wildman–Crippen LogP) is 9.88. The molecule has 0 radical (unpaired) electrons. The highest BCUT2D eigenvalue weighted by molar-refractivity contribution is 6.01. The fourth-order valence-corrected chi connectivity index (χ4v) is 5.94. The molecule has 1 aliphatic rings. The lowest BCUT2D eigenvalue weighted by Gasteiger charge is -2.10. The van der Waals surface area contributed by atoms with Crippen molar-refractivity contribution in [1.82, 2.24) is 9.97 Å². The first-order valence-corrected chi connectivity index (χ1v) is 14.2. The Morgan fingerprint density at radius 3 is 1.88 bits per heavy atom. The largest absolute Gasteiger partial charge is 0.456 e. The molecule has 3 heteroatoms. The van der Waals surface area contributed by atoms with Gasteiger partial charge in [0.2, 0.25) is 0 Å². The summed E-state index contributed by atoms with van der Waals surface area (Å²) in [6, 6.07) is 48.1. The molecule has 0 aliphatic heterocycles. The van der Waals surface area contributed by atoms with Crippen molar-refractivity contribution >= 4 is 16.5 Å². The third-order valence-electron chi connectivity index (χ3n) is 7.95. The van der Waals surface area contributed by atoms with Crippen molar-refractivity contribution in [3.63, 3.8) is 0 Å². The first-order valence-electron chi connectivity index (χ1n) is 14.2. The fraction of sp³-hybridized carbons (Fsp3) is 0.0256. The van der Waals surface area contributed by atoms with Crippen LogP contribution < -0.4 is 0 Å². The Kier molecular flexibility index (Phi) is 5.86. The molecule has 3 nitrogen and oxygen atoms in total. The van der Waals surface area contributed by atoms with Gasteiger partial charge in [0.05, 0.1) is 11.4 Å². The highest BCUT2D eigenvalue weighted by atomic mass is 16.3. The molecule has 1 aliphatic carbocycles. The molecule has 0 unspecified atom stereocenters. The Bertz CT molecular complexity index is 2030. The molecular weight excluding hydrogens is 512 g/mol. The van der Waals surface area contributed by atoms with Gasteiger partial charge in [-0.1, -0.05) is 127 Å². The summed E-state index contributed by atoms with van der Waals surface area (Å²) >= 11 is 0. The second-order valence-corrected chi connectivity index (χ2v) is 10.6. The SMILES string of the molecule is C1=C(c2cccc(-c3ccccc3)c2)c2oc3cccc(-c4cc(-c5ccccc5)nc(-c5ccccc5)n4)c3c2C1. The summed E-state index contributed by atoms with van der Waals surface area (Å²) in [5.41, 5.74) is 11.7. The number of rotatable bonds is 5. The van der Waals surface area contributed by atoms with E-state index in [0.717, 1.165) is 62.4 Å². The van der Waals surface area contributed by atoms with Crippen LogP contribution in [0.5, 0.6) is 0 Å². The predicted molar refractivity (Wildman–Crippen MR) is 171 cm³/mol. The molecule has 7 aromatic rings. The van der Waals surface area contributed by atoms with Crippen molar-refractivity contribution in [3.8, 4) is 45.0 Å². The highest BCUT2D eigenvalue weighted by Crippen LogP contribution is 2.43. The monoisotopic (exact) mass is 538 g/mol. The van der Waals surface area contributed by atoms with E-state index in [0.29, 0.717) is 5.82 Å². The number of hydrogen-bond donors (Lipinski definition) is 0. The molecule has 0 bridgehead atoms. The van der Waals surface area contributed by atoms with Crippen molar-refractivity contribution in [2.24, 2.45) is 0 Å². The van der Waals surface area contributed by atoms with Crippen molar-refractivity contribution < 1.29 is 4.42 Å². The summed E-state index contributed by atoms with van der Waals surface area (Å²) in [6.45, 7) is 0. The second-order valence-electron chi connectivity index (χ2n) is 10.6. The summed E-state index contributed by atoms with van der Waals surface area (Å²) in [4.78, 5) is 10.1. The van der Waals surface area contributed by atoms with Crippen LogP contribution in [0.15, 0.2) is 150 Å².